The summed E-state index contributed by atoms with van der Waals surface area (Å²) in [7, 11) is 1.47. The molecule has 2 aliphatic carbocycles. The lowest BCUT2D eigenvalue weighted by molar-refractivity contribution is -0.137. The molecule has 2 aliphatic rings. The molecule has 0 heterocycles. The predicted octanol–water partition coefficient (Wildman–Crippen LogP) is 2.15. The highest BCUT2D eigenvalue weighted by atomic mass is 16.5. The first-order chi connectivity index (χ1) is 6.24. The predicted molar refractivity (Wildman–Crippen MR) is 50.1 cm³/mol. The molecule has 2 bridgehead atoms. The van der Waals surface area contributed by atoms with Crippen LogP contribution in [0, 0.1) is 17.8 Å². The van der Waals surface area contributed by atoms with Gasteiger partial charge in [-0.1, -0.05) is 13.0 Å². The molecule has 0 radical (unpaired) electrons. The van der Waals surface area contributed by atoms with E-state index < -0.39 is 0 Å². The van der Waals surface area contributed by atoms with Gasteiger partial charge in [0.05, 0.1) is 7.11 Å². The third-order valence-corrected chi connectivity index (χ3v) is 3.69. The Labute approximate surface area is 79.0 Å². The lowest BCUT2D eigenvalue weighted by Crippen LogP contribution is -2.23. The third kappa shape index (κ3) is 1.28. The monoisotopic (exact) mass is 180 g/mol. The van der Waals surface area contributed by atoms with E-state index in [4.69, 9.17) is 4.74 Å². The van der Waals surface area contributed by atoms with Gasteiger partial charge < -0.3 is 4.74 Å². The molecule has 13 heavy (non-hydrogen) atoms. The molecule has 0 N–H and O–H groups in total. The number of carbonyl (C=O) groups is 1. The first-order valence-corrected chi connectivity index (χ1v) is 5.02. The second-order valence-corrected chi connectivity index (χ2v) is 4.19. The van der Waals surface area contributed by atoms with Gasteiger partial charge in [0.1, 0.15) is 0 Å². The Morgan fingerprint density at radius 3 is 3.00 bits per heavy atom. The number of hydrogen-bond donors (Lipinski definition) is 0. The molecule has 0 aromatic rings. The van der Waals surface area contributed by atoms with Crippen LogP contribution in [-0.4, -0.2) is 13.1 Å². The normalized spacial score (nSPS) is 37.1. The molecule has 2 nitrogen and oxygen atoms in total. The number of fused-ring (bicyclic) bond motifs is 2. The van der Waals surface area contributed by atoms with Gasteiger partial charge in [-0.25, -0.2) is 4.79 Å². The van der Waals surface area contributed by atoms with E-state index in [1.54, 1.807) is 0 Å². The van der Waals surface area contributed by atoms with Crippen LogP contribution in [0.4, 0.5) is 0 Å². The standard InChI is InChI=1S/C11H16O2/c1-7-8-3-5-9(7)10(6-4-8)11(12)13-2/h6-9H,3-5H2,1-2H3. The van der Waals surface area contributed by atoms with Gasteiger partial charge in [-0.2, -0.15) is 0 Å². The highest BCUT2D eigenvalue weighted by Gasteiger charge is 2.39. The summed E-state index contributed by atoms with van der Waals surface area (Å²) in [6, 6.07) is 0. The van der Waals surface area contributed by atoms with Crippen LogP contribution in [0.2, 0.25) is 0 Å². The molecule has 1 fully saturated rings. The number of esters is 1. The van der Waals surface area contributed by atoms with Gasteiger partial charge in [-0.15, -0.1) is 0 Å². The Hall–Kier alpha value is -0.790. The highest BCUT2D eigenvalue weighted by Crippen LogP contribution is 2.46. The van der Waals surface area contributed by atoms with Crippen LogP contribution in [0.25, 0.3) is 0 Å². The lowest BCUT2D eigenvalue weighted by Gasteiger charge is -2.26. The van der Waals surface area contributed by atoms with E-state index in [0.717, 1.165) is 17.9 Å². The molecular weight excluding hydrogens is 164 g/mol. The van der Waals surface area contributed by atoms with Gasteiger partial charge in [0.2, 0.25) is 0 Å². The van der Waals surface area contributed by atoms with E-state index in [1.807, 2.05) is 0 Å². The van der Waals surface area contributed by atoms with E-state index in [0.29, 0.717) is 11.8 Å². The minimum absolute atomic E-state index is 0.114. The van der Waals surface area contributed by atoms with Crippen molar-refractivity contribution in [1.82, 2.24) is 0 Å². The fourth-order valence-corrected chi connectivity index (χ4v) is 2.80. The zero-order valence-corrected chi connectivity index (χ0v) is 8.25. The van der Waals surface area contributed by atoms with Crippen LogP contribution in [-0.2, 0) is 9.53 Å². The SMILES string of the molecule is COC(=O)C1=CCC2CCC1C2C. The van der Waals surface area contributed by atoms with Gasteiger partial charge in [0.15, 0.2) is 0 Å². The molecule has 0 aromatic carbocycles. The molecule has 0 saturated heterocycles. The quantitative estimate of drug-likeness (QED) is 0.578. The summed E-state index contributed by atoms with van der Waals surface area (Å²) in [5, 5.41) is 0. The number of hydrogen-bond acceptors (Lipinski definition) is 2. The molecule has 0 amide bonds. The number of ether oxygens (including phenoxy) is 1. The van der Waals surface area contributed by atoms with Crippen LogP contribution < -0.4 is 0 Å². The van der Waals surface area contributed by atoms with Crippen molar-refractivity contribution in [3.05, 3.63) is 11.6 Å². The van der Waals surface area contributed by atoms with E-state index >= 15 is 0 Å². The zero-order valence-electron chi connectivity index (χ0n) is 8.25. The molecule has 3 atom stereocenters. The first-order valence-electron chi connectivity index (χ1n) is 5.02. The van der Waals surface area contributed by atoms with Crippen molar-refractivity contribution < 1.29 is 9.53 Å². The largest absolute Gasteiger partial charge is 0.466 e. The second kappa shape index (κ2) is 3.17. The fourth-order valence-electron chi connectivity index (χ4n) is 2.80. The highest BCUT2D eigenvalue weighted by molar-refractivity contribution is 5.89. The Morgan fingerprint density at radius 2 is 2.31 bits per heavy atom. The fraction of sp³-hybridized carbons (Fsp3) is 0.727. The van der Waals surface area contributed by atoms with Crippen LogP contribution in [0.15, 0.2) is 11.6 Å². The van der Waals surface area contributed by atoms with E-state index in [9.17, 15) is 4.79 Å². The van der Waals surface area contributed by atoms with Gasteiger partial charge in [0, 0.05) is 5.57 Å². The lowest BCUT2D eigenvalue weighted by atomic mass is 9.79. The van der Waals surface area contributed by atoms with Crippen molar-refractivity contribution in [2.45, 2.75) is 26.2 Å². The Bertz CT molecular complexity index is 255. The van der Waals surface area contributed by atoms with Crippen molar-refractivity contribution in [3.63, 3.8) is 0 Å². The summed E-state index contributed by atoms with van der Waals surface area (Å²) >= 11 is 0. The van der Waals surface area contributed by atoms with Crippen molar-refractivity contribution >= 4 is 5.97 Å². The summed E-state index contributed by atoms with van der Waals surface area (Å²) in [4.78, 5) is 11.4. The van der Waals surface area contributed by atoms with Crippen LogP contribution in [0.1, 0.15) is 26.2 Å². The zero-order chi connectivity index (χ0) is 9.42. The minimum Gasteiger partial charge on any atom is -0.466 e. The van der Waals surface area contributed by atoms with Crippen molar-refractivity contribution in [3.8, 4) is 0 Å². The maximum Gasteiger partial charge on any atom is 0.333 e. The first kappa shape index (κ1) is 8.79. The molecule has 2 rings (SSSR count). The van der Waals surface area contributed by atoms with Crippen LogP contribution in [0.3, 0.4) is 0 Å². The van der Waals surface area contributed by atoms with E-state index in [1.165, 1.54) is 20.0 Å². The number of carbonyl (C=O) groups excluding carboxylic acids is 1. The topological polar surface area (TPSA) is 26.3 Å². The average molecular weight is 180 g/mol. The van der Waals surface area contributed by atoms with Crippen LogP contribution in [0.5, 0.6) is 0 Å². The molecule has 72 valence electrons. The van der Waals surface area contributed by atoms with E-state index in [-0.39, 0.29) is 5.97 Å². The summed E-state index contributed by atoms with van der Waals surface area (Å²) in [6.45, 7) is 2.26. The van der Waals surface area contributed by atoms with Gasteiger partial charge in [-0.05, 0) is 37.0 Å². The molecule has 1 saturated carbocycles. The summed E-state index contributed by atoms with van der Waals surface area (Å²) in [6.07, 6.45) is 5.62. The molecular formula is C11H16O2. The van der Waals surface area contributed by atoms with Crippen molar-refractivity contribution in [2.24, 2.45) is 17.8 Å². The van der Waals surface area contributed by atoms with Crippen molar-refractivity contribution in [2.75, 3.05) is 7.11 Å². The van der Waals surface area contributed by atoms with E-state index in [2.05, 4.69) is 13.0 Å². The molecule has 2 heteroatoms. The Balaban J connectivity index is 2.21. The average Bonchev–Trinajstić information content (AvgIpc) is 2.41. The smallest absolute Gasteiger partial charge is 0.333 e. The minimum atomic E-state index is -0.114. The molecule has 0 spiro atoms. The molecule has 3 unspecified atom stereocenters. The van der Waals surface area contributed by atoms with Gasteiger partial charge in [0.25, 0.3) is 0 Å². The Kier molecular flexibility index (Phi) is 2.14. The Morgan fingerprint density at radius 1 is 1.54 bits per heavy atom. The van der Waals surface area contributed by atoms with Crippen molar-refractivity contribution in [1.29, 1.82) is 0 Å². The summed E-state index contributed by atoms with van der Waals surface area (Å²) < 4.78 is 4.78. The van der Waals surface area contributed by atoms with Gasteiger partial charge >= 0.3 is 5.97 Å². The summed E-state index contributed by atoms with van der Waals surface area (Å²) in [5.74, 6) is 1.86. The molecule has 0 aliphatic heterocycles. The maximum absolute atomic E-state index is 11.4. The van der Waals surface area contributed by atoms with Gasteiger partial charge in [-0.3, -0.25) is 0 Å². The van der Waals surface area contributed by atoms with Crippen LogP contribution >= 0.6 is 0 Å². The number of rotatable bonds is 1. The maximum atomic E-state index is 11.4. The number of methoxy groups -OCH3 is 1. The number of allylic oxidation sites excluding steroid dienone is 1. The molecule has 0 aromatic heterocycles. The second-order valence-electron chi connectivity index (χ2n) is 4.19. The summed E-state index contributed by atoms with van der Waals surface area (Å²) in [5.41, 5.74) is 0.934. The third-order valence-electron chi connectivity index (χ3n) is 3.69.